The van der Waals surface area contributed by atoms with Crippen molar-refractivity contribution < 1.29 is 0 Å². The zero-order valence-corrected chi connectivity index (χ0v) is 13.4. The second-order valence-electron chi connectivity index (χ2n) is 5.34. The van der Waals surface area contributed by atoms with Gasteiger partial charge in [-0.05, 0) is 26.2 Å². The molecule has 0 unspecified atom stereocenters. The van der Waals surface area contributed by atoms with Crippen LogP contribution in [0.5, 0.6) is 0 Å². The molecule has 4 rings (SSSR count). The van der Waals surface area contributed by atoms with Crippen molar-refractivity contribution in [3.63, 3.8) is 0 Å². The maximum atomic E-state index is 5.47. The molecule has 3 aromatic heterocycles. The Morgan fingerprint density at radius 3 is 3.00 bits per heavy atom. The molecule has 21 heavy (non-hydrogen) atoms. The minimum atomic E-state index is 0.666. The molecule has 5 nitrogen and oxygen atoms in total. The summed E-state index contributed by atoms with van der Waals surface area (Å²) in [6.45, 7) is 2.99. The Balaban J connectivity index is 2.12. The van der Waals surface area contributed by atoms with E-state index >= 15 is 0 Å². The predicted molar refractivity (Wildman–Crippen MR) is 86.1 cm³/mol. The topological polar surface area (TPSA) is 59.4 Å². The summed E-state index contributed by atoms with van der Waals surface area (Å²) in [4.78, 5) is 7.55. The molecular weight excluding hydrogens is 302 g/mol. The summed E-state index contributed by atoms with van der Waals surface area (Å²) in [6.07, 6.45) is 6.40. The van der Waals surface area contributed by atoms with Crippen molar-refractivity contribution in [1.82, 2.24) is 24.7 Å². The quantitative estimate of drug-likeness (QED) is 0.696. The van der Waals surface area contributed by atoms with Crippen LogP contribution in [0.25, 0.3) is 21.6 Å². The second-order valence-corrected chi connectivity index (χ2v) is 6.91. The van der Waals surface area contributed by atoms with Crippen LogP contribution in [0.2, 0.25) is 0 Å². The van der Waals surface area contributed by atoms with E-state index in [4.69, 9.17) is 12.2 Å². The van der Waals surface area contributed by atoms with Gasteiger partial charge in [0.25, 0.3) is 0 Å². The van der Waals surface area contributed by atoms with E-state index in [-0.39, 0.29) is 0 Å². The third-order valence-corrected chi connectivity index (χ3v) is 5.15. The molecule has 0 saturated heterocycles. The van der Waals surface area contributed by atoms with Crippen molar-refractivity contribution in [2.45, 2.75) is 39.2 Å². The Hall–Kier alpha value is -1.60. The summed E-state index contributed by atoms with van der Waals surface area (Å²) in [7, 11) is 0. The normalized spacial score (nSPS) is 15.1. The SMILES string of the molecule is Cc1nnc(-c2c3n(c4c(=S)nc[nH]c24)CCCCC3)s1. The monoisotopic (exact) mass is 317 g/mol. The first-order chi connectivity index (χ1) is 10.3. The van der Waals surface area contributed by atoms with E-state index in [9.17, 15) is 0 Å². The molecule has 0 radical (unpaired) electrons. The number of nitrogens with zero attached hydrogens (tertiary/aromatic N) is 4. The number of fused-ring (bicyclic) bond motifs is 3. The van der Waals surface area contributed by atoms with E-state index in [0.717, 1.165) is 34.0 Å². The Labute approximate surface area is 131 Å². The minimum Gasteiger partial charge on any atom is -0.344 e. The number of hydrogen-bond donors (Lipinski definition) is 1. The number of rotatable bonds is 1. The fraction of sp³-hybridized carbons (Fsp3) is 0.429. The number of nitrogens with one attached hydrogen (secondary N) is 1. The first kappa shape index (κ1) is 13.1. The molecule has 0 spiro atoms. The molecule has 0 atom stereocenters. The lowest BCUT2D eigenvalue weighted by atomic mass is 10.1. The average molecular weight is 317 g/mol. The van der Waals surface area contributed by atoms with Crippen molar-refractivity contribution in [1.29, 1.82) is 0 Å². The molecule has 7 heteroatoms. The Bertz CT molecular complexity index is 873. The largest absolute Gasteiger partial charge is 0.344 e. The van der Waals surface area contributed by atoms with E-state index in [2.05, 4.69) is 24.7 Å². The van der Waals surface area contributed by atoms with Gasteiger partial charge in [0.15, 0.2) is 9.65 Å². The number of aromatic nitrogens is 5. The molecule has 1 N–H and O–H groups in total. The van der Waals surface area contributed by atoms with E-state index < -0.39 is 0 Å². The van der Waals surface area contributed by atoms with Gasteiger partial charge in [-0.1, -0.05) is 30.0 Å². The highest BCUT2D eigenvalue weighted by atomic mass is 32.1. The smallest absolute Gasteiger partial charge is 0.153 e. The van der Waals surface area contributed by atoms with Crippen LogP contribution in [0.4, 0.5) is 0 Å². The fourth-order valence-corrected chi connectivity index (χ4v) is 4.15. The zero-order chi connectivity index (χ0) is 14.4. The van der Waals surface area contributed by atoms with Gasteiger partial charge in [-0.2, -0.15) is 0 Å². The standard InChI is InChI=1S/C14H15N5S2/c1-8-17-18-14(21-8)10-9-5-3-2-4-6-19(9)12-11(10)15-7-16-13(12)20/h7H,2-6H2,1H3,(H,15,16,20). The first-order valence-corrected chi connectivity index (χ1v) is 8.37. The van der Waals surface area contributed by atoms with Crippen LogP contribution in [0.3, 0.4) is 0 Å². The van der Waals surface area contributed by atoms with Gasteiger partial charge >= 0.3 is 0 Å². The Morgan fingerprint density at radius 2 is 2.19 bits per heavy atom. The number of hydrogen-bond acceptors (Lipinski definition) is 5. The predicted octanol–water partition coefficient (Wildman–Crippen LogP) is 3.65. The van der Waals surface area contributed by atoms with Gasteiger partial charge in [-0.15, -0.1) is 10.2 Å². The molecule has 4 heterocycles. The highest BCUT2D eigenvalue weighted by molar-refractivity contribution is 7.71. The van der Waals surface area contributed by atoms with Crippen molar-refractivity contribution in [3.05, 3.63) is 21.7 Å². The van der Waals surface area contributed by atoms with E-state index in [0.29, 0.717) is 4.64 Å². The lowest BCUT2D eigenvalue weighted by Gasteiger charge is -2.05. The number of aryl methyl sites for hydroxylation is 2. The van der Waals surface area contributed by atoms with Gasteiger partial charge in [0.1, 0.15) is 10.5 Å². The van der Waals surface area contributed by atoms with E-state index in [1.807, 2.05) is 6.92 Å². The third kappa shape index (κ3) is 2.03. The first-order valence-electron chi connectivity index (χ1n) is 7.15. The van der Waals surface area contributed by atoms with Gasteiger partial charge in [0, 0.05) is 12.2 Å². The van der Waals surface area contributed by atoms with Gasteiger partial charge in [-0.3, -0.25) is 0 Å². The van der Waals surface area contributed by atoms with Crippen LogP contribution in [0.1, 0.15) is 30.0 Å². The summed E-state index contributed by atoms with van der Waals surface area (Å²) in [5.74, 6) is 0. The van der Waals surface area contributed by atoms with Gasteiger partial charge < -0.3 is 9.55 Å². The number of aromatic amines is 1. The summed E-state index contributed by atoms with van der Waals surface area (Å²) >= 11 is 7.10. The number of H-pyrrole nitrogens is 1. The minimum absolute atomic E-state index is 0.666. The molecule has 1 aliphatic heterocycles. The maximum absolute atomic E-state index is 5.47. The van der Waals surface area contributed by atoms with Crippen molar-refractivity contribution >= 4 is 34.6 Å². The highest BCUT2D eigenvalue weighted by Gasteiger charge is 2.23. The van der Waals surface area contributed by atoms with Crippen LogP contribution < -0.4 is 0 Å². The molecule has 0 fully saturated rings. The third-order valence-electron chi connectivity index (χ3n) is 4.00. The van der Waals surface area contributed by atoms with Crippen LogP contribution in [0.15, 0.2) is 6.33 Å². The summed E-state index contributed by atoms with van der Waals surface area (Å²) in [5, 5.41) is 10.5. The van der Waals surface area contributed by atoms with Crippen LogP contribution in [0, 0.1) is 11.6 Å². The Kier molecular flexibility index (Phi) is 3.11. The van der Waals surface area contributed by atoms with Crippen LogP contribution in [-0.4, -0.2) is 24.7 Å². The van der Waals surface area contributed by atoms with E-state index in [1.165, 1.54) is 30.5 Å². The molecular formula is C14H15N5S2. The molecule has 0 saturated carbocycles. The summed E-state index contributed by atoms with van der Waals surface area (Å²) < 4.78 is 3.01. The molecule has 0 amide bonds. The molecule has 0 aliphatic carbocycles. The van der Waals surface area contributed by atoms with Crippen molar-refractivity contribution in [2.75, 3.05) is 0 Å². The molecule has 0 bridgehead atoms. The molecule has 1 aliphatic rings. The molecule has 3 aromatic rings. The summed E-state index contributed by atoms with van der Waals surface area (Å²) in [5.41, 5.74) is 4.61. The fourth-order valence-electron chi connectivity index (χ4n) is 3.12. The highest BCUT2D eigenvalue weighted by Crippen LogP contribution is 2.37. The Morgan fingerprint density at radius 1 is 1.29 bits per heavy atom. The molecule has 0 aromatic carbocycles. The second kappa shape index (κ2) is 4.99. The zero-order valence-electron chi connectivity index (χ0n) is 11.7. The van der Waals surface area contributed by atoms with Crippen LogP contribution in [-0.2, 0) is 13.0 Å². The summed E-state index contributed by atoms with van der Waals surface area (Å²) in [6, 6.07) is 0. The van der Waals surface area contributed by atoms with Crippen LogP contribution >= 0.6 is 23.6 Å². The maximum Gasteiger partial charge on any atom is 0.153 e. The van der Waals surface area contributed by atoms with Crippen molar-refractivity contribution in [2.24, 2.45) is 0 Å². The average Bonchev–Trinajstić information content (AvgIpc) is 2.92. The van der Waals surface area contributed by atoms with Gasteiger partial charge in [0.05, 0.1) is 17.4 Å². The van der Waals surface area contributed by atoms with Gasteiger partial charge in [0.2, 0.25) is 0 Å². The lowest BCUT2D eigenvalue weighted by molar-refractivity contribution is 0.647. The van der Waals surface area contributed by atoms with E-state index in [1.54, 1.807) is 17.7 Å². The van der Waals surface area contributed by atoms with Gasteiger partial charge in [-0.25, -0.2) is 4.98 Å². The molecule has 108 valence electrons. The lowest BCUT2D eigenvalue weighted by Crippen LogP contribution is -2.01. The van der Waals surface area contributed by atoms with Crippen molar-refractivity contribution in [3.8, 4) is 10.6 Å².